The number of pyridine rings is 2. The number of aromatic nitrogens is 2. The van der Waals surface area contributed by atoms with Crippen LogP contribution in [0.1, 0.15) is 45.1 Å². The zero-order chi connectivity index (χ0) is 23.2. The van der Waals surface area contributed by atoms with Gasteiger partial charge in [-0.2, -0.15) is 0 Å². The first-order valence-corrected chi connectivity index (χ1v) is 12.5. The highest BCUT2D eigenvalue weighted by atomic mass is 32.1. The van der Waals surface area contributed by atoms with Crippen molar-refractivity contribution in [2.24, 2.45) is 5.92 Å². The van der Waals surface area contributed by atoms with Crippen molar-refractivity contribution in [3.8, 4) is 22.5 Å². The number of thiophene rings is 1. The quantitative estimate of drug-likeness (QED) is 0.274. The minimum atomic E-state index is 0.0483. The van der Waals surface area contributed by atoms with E-state index in [9.17, 15) is 0 Å². The molecule has 5 aromatic rings. The van der Waals surface area contributed by atoms with E-state index in [-0.39, 0.29) is 5.41 Å². The maximum Gasteiger partial charge on any atom is 0.0717 e. The van der Waals surface area contributed by atoms with Crippen LogP contribution in [0, 0.1) is 5.92 Å². The van der Waals surface area contributed by atoms with E-state index < -0.39 is 0 Å². The summed E-state index contributed by atoms with van der Waals surface area (Å²) < 4.78 is 1.30. The Morgan fingerprint density at radius 2 is 1.61 bits per heavy atom. The van der Waals surface area contributed by atoms with Crippen LogP contribution in [0.25, 0.3) is 43.4 Å². The maximum atomic E-state index is 4.79. The third-order valence-electron chi connectivity index (χ3n) is 6.08. The van der Waals surface area contributed by atoms with Gasteiger partial charge in [-0.25, -0.2) is 0 Å². The second-order valence-corrected chi connectivity index (χ2v) is 11.5. The van der Waals surface area contributed by atoms with E-state index >= 15 is 0 Å². The van der Waals surface area contributed by atoms with Crippen molar-refractivity contribution in [1.82, 2.24) is 9.97 Å². The van der Waals surface area contributed by atoms with Gasteiger partial charge in [-0.15, -0.1) is 11.3 Å². The topological polar surface area (TPSA) is 25.8 Å². The van der Waals surface area contributed by atoms with Gasteiger partial charge in [-0.3, -0.25) is 9.97 Å². The lowest BCUT2D eigenvalue weighted by Gasteiger charge is -2.22. The highest BCUT2D eigenvalue weighted by molar-refractivity contribution is 7.19. The Morgan fingerprint density at radius 3 is 2.39 bits per heavy atom. The van der Waals surface area contributed by atoms with Gasteiger partial charge in [0, 0.05) is 38.5 Å². The first kappa shape index (κ1) is 21.8. The summed E-state index contributed by atoms with van der Waals surface area (Å²) in [5, 5.41) is 3.80. The molecule has 33 heavy (non-hydrogen) atoms. The number of benzene rings is 2. The molecule has 3 heteroatoms. The second-order valence-electron chi connectivity index (χ2n) is 10.3. The Bertz CT molecular complexity index is 1450. The minimum Gasteiger partial charge on any atom is -0.256 e. The first-order chi connectivity index (χ1) is 15.8. The molecular weight excluding hydrogens is 420 g/mol. The molecule has 3 aromatic heterocycles. The molecule has 0 bridgehead atoms. The molecule has 0 unspecified atom stereocenters. The summed E-state index contributed by atoms with van der Waals surface area (Å²) in [6.07, 6.45) is 5.03. The van der Waals surface area contributed by atoms with Crippen molar-refractivity contribution in [2.75, 3.05) is 0 Å². The summed E-state index contributed by atoms with van der Waals surface area (Å²) >= 11 is 1.89. The highest BCUT2D eigenvalue weighted by Crippen LogP contribution is 2.35. The van der Waals surface area contributed by atoms with Crippen molar-refractivity contribution in [3.05, 3.63) is 83.5 Å². The lowest BCUT2D eigenvalue weighted by molar-refractivity contribution is 0.596. The molecule has 2 aromatic carbocycles. The van der Waals surface area contributed by atoms with E-state index in [0.717, 1.165) is 28.9 Å². The molecule has 0 saturated heterocycles. The average molecular weight is 451 g/mol. The van der Waals surface area contributed by atoms with Crippen LogP contribution in [0.3, 0.4) is 0 Å². The number of hydrogen-bond acceptors (Lipinski definition) is 3. The zero-order valence-electron chi connectivity index (χ0n) is 20.0. The fourth-order valence-electron chi connectivity index (χ4n) is 4.48. The Morgan fingerprint density at radius 1 is 0.818 bits per heavy atom. The Labute approximate surface area is 200 Å². The molecule has 166 valence electrons. The van der Waals surface area contributed by atoms with Crippen molar-refractivity contribution in [2.45, 2.75) is 46.5 Å². The molecule has 3 heterocycles. The molecule has 0 amide bonds. The van der Waals surface area contributed by atoms with Gasteiger partial charge < -0.3 is 0 Å². The molecule has 0 aliphatic heterocycles. The van der Waals surface area contributed by atoms with Crippen LogP contribution in [-0.2, 0) is 11.8 Å². The summed E-state index contributed by atoms with van der Waals surface area (Å²) in [4.78, 5) is 11.0. The normalized spacial score (nSPS) is 12.2. The van der Waals surface area contributed by atoms with Crippen LogP contribution in [0.5, 0.6) is 0 Å². The van der Waals surface area contributed by atoms with Crippen LogP contribution >= 0.6 is 11.3 Å². The average Bonchev–Trinajstić information content (AvgIpc) is 3.18. The molecule has 0 aliphatic carbocycles. The third kappa shape index (κ3) is 4.43. The Kier molecular flexibility index (Phi) is 5.54. The van der Waals surface area contributed by atoms with Crippen molar-refractivity contribution < 1.29 is 0 Å². The molecule has 0 radical (unpaired) electrons. The van der Waals surface area contributed by atoms with E-state index in [2.05, 4.69) is 95.3 Å². The van der Waals surface area contributed by atoms with Crippen LogP contribution in [0.4, 0.5) is 0 Å². The van der Waals surface area contributed by atoms with Crippen LogP contribution in [-0.4, -0.2) is 9.97 Å². The van der Waals surface area contributed by atoms with Crippen LogP contribution in [0.15, 0.2) is 73.1 Å². The van der Waals surface area contributed by atoms with Gasteiger partial charge in [0.15, 0.2) is 0 Å². The summed E-state index contributed by atoms with van der Waals surface area (Å²) in [6, 6.07) is 22.0. The standard InChI is InChI=1S/C30H30N2S/c1-19(2)12-24-14-23-18-32-28(17-29(23)33-24)21-10-11-31-27(16-21)22-13-20-8-6-7-9-25(20)26(15-22)30(3,4)5/h6-11,13-19H,12H2,1-5H3. The summed E-state index contributed by atoms with van der Waals surface area (Å²) in [7, 11) is 0. The predicted molar refractivity (Wildman–Crippen MR) is 143 cm³/mol. The van der Waals surface area contributed by atoms with E-state index in [0.29, 0.717) is 5.92 Å². The molecule has 5 rings (SSSR count). The number of nitrogens with zero attached hydrogens (tertiary/aromatic N) is 2. The van der Waals surface area contributed by atoms with Gasteiger partial charge in [-0.05, 0) is 70.5 Å². The summed E-state index contributed by atoms with van der Waals surface area (Å²) in [5.74, 6) is 0.660. The Balaban J connectivity index is 1.58. The molecule has 0 spiro atoms. The molecule has 0 saturated carbocycles. The summed E-state index contributed by atoms with van der Waals surface area (Å²) in [6.45, 7) is 11.4. The monoisotopic (exact) mass is 450 g/mol. The second kappa shape index (κ2) is 8.39. The first-order valence-electron chi connectivity index (χ1n) is 11.7. The van der Waals surface area contributed by atoms with E-state index in [1.165, 1.54) is 31.3 Å². The van der Waals surface area contributed by atoms with Gasteiger partial charge >= 0.3 is 0 Å². The summed E-state index contributed by atoms with van der Waals surface area (Å²) in [5.41, 5.74) is 5.63. The molecular formula is C30H30N2S. The molecule has 0 N–H and O–H groups in total. The lowest BCUT2D eigenvalue weighted by Crippen LogP contribution is -2.12. The fourth-order valence-corrected chi connectivity index (χ4v) is 5.76. The molecule has 0 fully saturated rings. The van der Waals surface area contributed by atoms with Gasteiger partial charge in [0.2, 0.25) is 0 Å². The van der Waals surface area contributed by atoms with Crippen molar-refractivity contribution in [1.29, 1.82) is 0 Å². The van der Waals surface area contributed by atoms with Crippen molar-refractivity contribution >= 4 is 32.2 Å². The van der Waals surface area contributed by atoms with Gasteiger partial charge in [0.05, 0.1) is 11.4 Å². The number of rotatable bonds is 4. The van der Waals surface area contributed by atoms with Crippen LogP contribution < -0.4 is 0 Å². The minimum absolute atomic E-state index is 0.0483. The van der Waals surface area contributed by atoms with E-state index in [4.69, 9.17) is 9.97 Å². The maximum absolute atomic E-state index is 4.79. The van der Waals surface area contributed by atoms with Gasteiger partial charge in [0.1, 0.15) is 0 Å². The zero-order valence-corrected chi connectivity index (χ0v) is 20.8. The van der Waals surface area contributed by atoms with Gasteiger partial charge in [0.25, 0.3) is 0 Å². The van der Waals surface area contributed by atoms with Crippen molar-refractivity contribution in [3.63, 3.8) is 0 Å². The Hall–Kier alpha value is -3.04. The molecule has 0 atom stereocenters. The lowest BCUT2D eigenvalue weighted by atomic mass is 9.82. The van der Waals surface area contributed by atoms with Crippen LogP contribution in [0.2, 0.25) is 0 Å². The predicted octanol–water partition coefficient (Wildman–Crippen LogP) is 8.67. The number of fused-ring (bicyclic) bond motifs is 2. The number of hydrogen-bond donors (Lipinski definition) is 0. The SMILES string of the molecule is CC(C)Cc1cc2cnc(-c3ccnc(-c4cc(C(C)(C)C)c5ccccc5c4)c3)cc2s1. The smallest absolute Gasteiger partial charge is 0.0717 e. The van der Waals surface area contributed by atoms with E-state index in [1.54, 1.807) is 0 Å². The molecule has 2 nitrogen and oxygen atoms in total. The highest BCUT2D eigenvalue weighted by Gasteiger charge is 2.19. The third-order valence-corrected chi connectivity index (χ3v) is 7.20. The van der Waals surface area contributed by atoms with E-state index in [1.807, 2.05) is 23.7 Å². The fraction of sp³-hybridized carbons (Fsp3) is 0.267. The van der Waals surface area contributed by atoms with Gasteiger partial charge in [-0.1, -0.05) is 58.9 Å². The largest absolute Gasteiger partial charge is 0.256 e. The molecule has 0 aliphatic rings.